The SMILES string of the molecule is C=C1/C=C(OCc2ccc3c(c2)C(C)(C)c2cc(N(c4ccc(-c5ccccc5)cc4)c4ccc(-c5ccc6c(c5)c5ccccc5n6-c5ccc(COc6ccc7c(c6)C(OC)C7)cc5)cc4)ccc2-3)\C=C/CCC1OC. The minimum atomic E-state index is -0.249. The maximum absolute atomic E-state index is 6.42. The van der Waals surface area contributed by atoms with Crippen LogP contribution in [0.4, 0.5) is 17.1 Å². The van der Waals surface area contributed by atoms with Crippen LogP contribution in [0, 0.1) is 0 Å². The summed E-state index contributed by atoms with van der Waals surface area (Å²) in [4.78, 5) is 2.40. The molecular weight excluding hydrogens is 957 g/mol. The monoisotopic (exact) mass is 1020 g/mol. The van der Waals surface area contributed by atoms with Gasteiger partial charge in [0.1, 0.15) is 24.7 Å². The third kappa shape index (κ3) is 9.01. The molecule has 3 aliphatic carbocycles. The van der Waals surface area contributed by atoms with Crippen molar-refractivity contribution in [1.29, 1.82) is 0 Å². The van der Waals surface area contributed by atoms with Gasteiger partial charge in [0, 0.05) is 59.6 Å². The van der Waals surface area contributed by atoms with Crippen molar-refractivity contribution in [1.82, 2.24) is 4.57 Å². The number of methoxy groups -OCH3 is 2. The zero-order chi connectivity index (χ0) is 52.9. The van der Waals surface area contributed by atoms with Crippen molar-refractivity contribution in [3.05, 3.63) is 270 Å². The van der Waals surface area contributed by atoms with Crippen LogP contribution in [0.15, 0.2) is 236 Å². The molecule has 9 aromatic carbocycles. The van der Waals surface area contributed by atoms with Gasteiger partial charge in [-0.05, 0) is 176 Å². The van der Waals surface area contributed by atoms with Crippen LogP contribution in [0.1, 0.15) is 66.2 Å². The number of hydrogen-bond acceptors (Lipinski definition) is 5. The predicted molar refractivity (Wildman–Crippen MR) is 319 cm³/mol. The first-order chi connectivity index (χ1) is 38.2. The fraction of sp³-hybridized carbons (Fsp3) is 0.167. The molecule has 0 N–H and O–H groups in total. The van der Waals surface area contributed by atoms with E-state index in [1.165, 1.54) is 71.9 Å². The molecule has 0 saturated carbocycles. The first kappa shape index (κ1) is 48.9. The highest BCUT2D eigenvalue weighted by Gasteiger charge is 2.36. The van der Waals surface area contributed by atoms with Crippen molar-refractivity contribution < 1.29 is 18.9 Å². The largest absolute Gasteiger partial charge is 0.489 e. The van der Waals surface area contributed by atoms with Crippen LogP contribution in [-0.2, 0) is 39.3 Å². The molecular formula is C72H62N2O4. The Hall–Kier alpha value is -8.68. The number of anilines is 3. The highest BCUT2D eigenvalue weighted by molar-refractivity contribution is 6.10. The van der Waals surface area contributed by atoms with E-state index < -0.39 is 0 Å². The number of fused-ring (bicyclic) bond motifs is 7. The topological polar surface area (TPSA) is 45.1 Å². The Morgan fingerprint density at radius 1 is 0.551 bits per heavy atom. The smallest absolute Gasteiger partial charge is 0.120 e. The number of allylic oxidation sites excluding steroid dienone is 2. The van der Waals surface area contributed by atoms with E-state index in [0.717, 1.165) is 75.8 Å². The van der Waals surface area contributed by atoms with E-state index in [1.54, 1.807) is 14.2 Å². The van der Waals surface area contributed by atoms with Crippen molar-refractivity contribution in [3.8, 4) is 44.8 Å². The summed E-state index contributed by atoms with van der Waals surface area (Å²) >= 11 is 0. The number of hydrogen-bond donors (Lipinski definition) is 0. The molecule has 1 heterocycles. The molecule has 384 valence electrons. The molecule has 0 amide bonds. The van der Waals surface area contributed by atoms with E-state index in [-0.39, 0.29) is 17.6 Å². The number of aromatic nitrogens is 1. The Labute approximate surface area is 457 Å². The van der Waals surface area contributed by atoms with E-state index in [4.69, 9.17) is 18.9 Å². The molecule has 2 unspecified atom stereocenters. The standard InChI is InChI=1S/C72H62N2O4/c1-47-39-59(15-9-12-18-70(47)75-4)78-46-49-21-36-61-62-37-34-58(43-67(62)72(2,3)66(61)40-49)73(55-30-22-51(23-31-55)50-13-7-6-8-14-50)56-32-24-52(25-33-56)53-27-38-69-65(41-53)63-16-10-11-17-68(63)74(69)57-28-19-48(20-29-57)45-77-60-35-26-54-42-71(76-5)64(54)44-60/h6-11,13-17,19-41,43-44,70-71H,1,12,18,42,45-46H2,2-5H3/b15-9-,59-39+. The van der Waals surface area contributed by atoms with Crippen LogP contribution < -0.4 is 9.64 Å². The van der Waals surface area contributed by atoms with Crippen LogP contribution in [0.5, 0.6) is 5.75 Å². The van der Waals surface area contributed by atoms with Crippen LogP contribution in [-0.4, -0.2) is 24.9 Å². The van der Waals surface area contributed by atoms with Gasteiger partial charge in [-0.1, -0.05) is 148 Å². The van der Waals surface area contributed by atoms with Crippen LogP contribution in [0.3, 0.4) is 0 Å². The van der Waals surface area contributed by atoms with Gasteiger partial charge in [0.25, 0.3) is 0 Å². The third-order valence-electron chi connectivity index (χ3n) is 16.4. The molecule has 0 spiro atoms. The van der Waals surface area contributed by atoms with Gasteiger partial charge in [0.15, 0.2) is 0 Å². The van der Waals surface area contributed by atoms with Crippen molar-refractivity contribution in [2.45, 2.75) is 63.9 Å². The van der Waals surface area contributed by atoms with Gasteiger partial charge >= 0.3 is 0 Å². The van der Waals surface area contributed by atoms with E-state index in [1.807, 2.05) is 6.08 Å². The van der Waals surface area contributed by atoms with E-state index in [9.17, 15) is 0 Å². The molecule has 3 aliphatic rings. The first-order valence-corrected chi connectivity index (χ1v) is 27.2. The maximum Gasteiger partial charge on any atom is 0.120 e. The molecule has 78 heavy (non-hydrogen) atoms. The second-order valence-corrected chi connectivity index (χ2v) is 21.5. The van der Waals surface area contributed by atoms with E-state index in [0.29, 0.717) is 13.2 Å². The summed E-state index contributed by atoms with van der Waals surface area (Å²) in [6.45, 7) is 9.93. The second-order valence-electron chi connectivity index (χ2n) is 21.5. The lowest BCUT2D eigenvalue weighted by molar-refractivity contribution is 0.0840. The molecule has 6 nitrogen and oxygen atoms in total. The molecule has 0 bridgehead atoms. The van der Waals surface area contributed by atoms with Crippen LogP contribution in [0.25, 0.3) is 60.9 Å². The van der Waals surface area contributed by atoms with Gasteiger partial charge in [-0.15, -0.1) is 0 Å². The highest BCUT2D eigenvalue weighted by atomic mass is 16.5. The minimum absolute atomic E-state index is 0.00453. The molecule has 10 aromatic rings. The van der Waals surface area contributed by atoms with Crippen molar-refractivity contribution in [2.24, 2.45) is 0 Å². The summed E-state index contributed by atoms with van der Waals surface area (Å²) in [6, 6.07) is 73.2. The Balaban J connectivity index is 0.792. The van der Waals surface area contributed by atoms with Gasteiger partial charge in [-0.2, -0.15) is 0 Å². The van der Waals surface area contributed by atoms with Gasteiger partial charge < -0.3 is 28.4 Å². The second kappa shape index (κ2) is 20.4. The number of nitrogens with zero attached hydrogens (tertiary/aromatic N) is 2. The fourth-order valence-electron chi connectivity index (χ4n) is 12.0. The van der Waals surface area contributed by atoms with Gasteiger partial charge in [0.2, 0.25) is 0 Å². The Kier molecular flexibility index (Phi) is 12.8. The lowest BCUT2D eigenvalue weighted by Gasteiger charge is -2.29. The Bertz CT molecular complexity index is 3960. The maximum atomic E-state index is 6.42. The summed E-state index contributed by atoms with van der Waals surface area (Å²) in [5.41, 5.74) is 22.1. The highest BCUT2D eigenvalue weighted by Crippen LogP contribution is 2.51. The summed E-state index contributed by atoms with van der Waals surface area (Å²) in [5.74, 6) is 1.68. The molecule has 0 radical (unpaired) electrons. The number of para-hydroxylation sites is 1. The zero-order valence-electron chi connectivity index (χ0n) is 44.7. The Morgan fingerprint density at radius 3 is 1.94 bits per heavy atom. The molecule has 13 rings (SSSR count). The van der Waals surface area contributed by atoms with Crippen LogP contribution >= 0.6 is 0 Å². The predicted octanol–water partition coefficient (Wildman–Crippen LogP) is 18.0. The normalized spacial score (nSPS) is 17.2. The fourth-order valence-corrected chi connectivity index (χ4v) is 12.0. The summed E-state index contributed by atoms with van der Waals surface area (Å²) in [5, 5.41) is 2.44. The molecule has 1 aromatic heterocycles. The van der Waals surface area contributed by atoms with Crippen LogP contribution in [0.2, 0.25) is 0 Å². The van der Waals surface area contributed by atoms with E-state index >= 15 is 0 Å². The quantitative estimate of drug-likeness (QED) is 0.109. The van der Waals surface area contributed by atoms with Crippen molar-refractivity contribution in [2.75, 3.05) is 19.1 Å². The average Bonchev–Trinajstić information content (AvgIpc) is 4.10. The Morgan fingerprint density at radius 2 is 1.18 bits per heavy atom. The lowest BCUT2D eigenvalue weighted by atomic mass is 9.82. The van der Waals surface area contributed by atoms with Crippen molar-refractivity contribution >= 4 is 38.9 Å². The van der Waals surface area contributed by atoms with Gasteiger partial charge in [0.05, 0.1) is 23.2 Å². The lowest BCUT2D eigenvalue weighted by Crippen LogP contribution is -2.18. The van der Waals surface area contributed by atoms with Gasteiger partial charge in [-0.3, -0.25) is 0 Å². The van der Waals surface area contributed by atoms with Gasteiger partial charge in [-0.25, -0.2) is 0 Å². The van der Waals surface area contributed by atoms with Crippen molar-refractivity contribution in [3.63, 3.8) is 0 Å². The first-order valence-electron chi connectivity index (χ1n) is 27.2. The van der Waals surface area contributed by atoms with E-state index in [2.05, 4.69) is 242 Å². The molecule has 0 fully saturated rings. The number of rotatable bonds is 14. The molecule has 0 aliphatic heterocycles. The molecule has 0 saturated heterocycles. The average molecular weight is 1020 g/mol. The molecule has 2 atom stereocenters. The number of ether oxygens (including phenoxy) is 4. The summed E-state index contributed by atoms with van der Waals surface area (Å²) < 4.78 is 26.3. The summed E-state index contributed by atoms with van der Waals surface area (Å²) in [7, 11) is 3.52. The third-order valence-corrected chi connectivity index (χ3v) is 16.4. The zero-order valence-corrected chi connectivity index (χ0v) is 44.7. The molecule has 6 heteroatoms. The summed E-state index contributed by atoms with van der Waals surface area (Å²) in [6.07, 6.45) is 9.20. The number of benzene rings is 9. The minimum Gasteiger partial charge on any atom is -0.489 e.